The van der Waals surface area contributed by atoms with E-state index in [-0.39, 0.29) is 17.8 Å². The van der Waals surface area contributed by atoms with Crippen molar-refractivity contribution in [3.05, 3.63) is 48.2 Å². The summed E-state index contributed by atoms with van der Waals surface area (Å²) in [7, 11) is 1.85. The van der Waals surface area contributed by atoms with Crippen molar-refractivity contribution in [3.63, 3.8) is 0 Å². The van der Waals surface area contributed by atoms with Gasteiger partial charge in [-0.1, -0.05) is 0 Å². The second-order valence-corrected chi connectivity index (χ2v) is 8.14. The molecule has 1 N–H and O–H groups in total. The first kappa shape index (κ1) is 18.2. The van der Waals surface area contributed by atoms with Gasteiger partial charge in [0.1, 0.15) is 11.4 Å². The molecule has 2 aromatic heterocycles. The van der Waals surface area contributed by atoms with Gasteiger partial charge in [0.15, 0.2) is 0 Å². The Morgan fingerprint density at radius 3 is 2.93 bits per heavy atom. The Balaban J connectivity index is 1.47. The number of halogens is 1. The van der Waals surface area contributed by atoms with E-state index in [4.69, 9.17) is 0 Å². The molecule has 0 radical (unpaired) electrons. The van der Waals surface area contributed by atoms with E-state index in [0.717, 1.165) is 54.5 Å². The molecule has 4 heterocycles. The minimum Gasteiger partial charge on any atom is -0.344 e. The number of aromatic nitrogens is 3. The molecule has 2 saturated heterocycles. The lowest BCUT2D eigenvalue weighted by Gasteiger charge is -2.23. The van der Waals surface area contributed by atoms with Gasteiger partial charge in [-0.3, -0.25) is 19.8 Å². The highest BCUT2D eigenvalue weighted by molar-refractivity contribution is 5.89. The van der Waals surface area contributed by atoms with Crippen LogP contribution < -0.4 is 5.32 Å². The van der Waals surface area contributed by atoms with Gasteiger partial charge in [-0.15, -0.1) is 0 Å². The average Bonchev–Trinajstić information content (AvgIpc) is 3.42. The van der Waals surface area contributed by atoms with Gasteiger partial charge in [-0.25, -0.2) is 4.39 Å². The molecule has 1 amide bonds. The van der Waals surface area contributed by atoms with Crippen LogP contribution in [-0.4, -0.2) is 44.7 Å². The number of nitrogens with one attached hydrogen (secondary N) is 1. The van der Waals surface area contributed by atoms with Crippen molar-refractivity contribution in [3.8, 4) is 11.1 Å². The second kappa shape index (κ2) is 6.62. The zero-order valence-corrected chi connectivity index (χ0v) is 16.7. The summed E-state index contributed by atoms with van der Waals surface area (Å²) >= 11 is 0. The highest BCUT2D eigenvalue weighted by Gasteiger charge is 2.50. The van der Waals surface area contributed by atoms with Gasteiger partial charge in [-0.2, -0.15) is 5.10 Å². The van der Waals surface area contributed by atoms with E-state index < -0.39 is 5.54 Å². The third kappa shape index (κ3) is 2.92. The van der Waals surface area contributed by atoms with Gasteiger partial charge < -0.3 is 4.90 Å². The van der Waals surface area contributed by atoms with E-state index in [1.165, 1.54) is 0 Å². The first-order valence-corrected chi connectivity index (χ1v) is 10.2. The van der Waals surface area contributed by atoms with Crippen LogP contribution in [-0.2, 0) is 11.3 Å². The first-order valence-electron chi connectivity index (χ1n) is 10.2. The Bertz CT molecular complexity index is 1110. The molecule has 5 rings (SSSR count). The number of aryl methyl sites for hydroxylation is 1. The molecular weight excluding hydrogens is 369 g/mol. The maximum atomic E-state index is 14.8. The quantitative estimate of drug-likeness (QED) is 0.742. The van der Waals surface area contributed by atoms with Crippen LogP contribution >= 0.6 is 0 Å². The van der Waals surface area contributed by atoms with E-state index in [1.807, 2.05) is 37.0 Å². The molecule has 6 nitrogen and oxygen atoms in total. The molecular formula is C22H24FN5O. The maximum absolute atomic E-state index is 14.8. The highest BCUT2D eigenvalue weighted by Crippen LogP contribution is 2.39. The van der Waals surface area contributed by atoms with E-state index in [0.29, 0.717) is 5.56 Å². The second-order valence-electron chi connectivity index (χ2n) is 8.14. The van der Waals surface area contributed by atoms with E-state index in [9.17, 15) is 9.18 Å². The number of nitrogens with zero attached hydrogens (tertiary/aromatic N) is 4. The molecule has 29 heavy (non-hydrogen) atoms. The summed E-state index contributed by atoms with van der Waals surface area (Å²) in [5.41, 5.74) is 2.46. The number of likely N-dealkylation sites (N-methyl/N-ethyl adjacent to an activating group) is 1. The van der Waals surface area contributed by atoms with Gasteiger partial charge in [0.05, 0.1) is 17.3 Å². The van der Waals surface area contributed by atoms with Crippen molar-refractivity contribution >= 4 is 16.8 Å². The summed E-state index contributed by atoms with van der Waals surface area (Å²) in [6, 6.07) is 7.09. The van der Waals surface area contributed by atoms with Gasteiger partial charge in [0, 0.05) is 43.5 Å². The van der Waals surface area contributed by atoms with Crippen molar-refractivity contribution < 1.29 is 9.18 Å². The minimum absolute atomic E-state index is 0.00325. The van der Waals surface area contributed by atoms with Crippen molar-refractivity contribution in [2.45, 2.75) is 44.3 Å². The SMILES string of the molecule is CCn1cc2cc(F)c(-c3ccnc([C@H]4CC[C@@]5(CCN(C)C5=O)N4)c3)cc2n1. The van der Waals surface area contributed by atoms with Crippen LogP contribution in [0.1, 0.15) is 37.9 Å². The van der Waals surface area contributed by atoms with Crippen LogP contribution in [0.4, 0.5) is 4.39 Å². The zero-order chi connectivity index (χ0) is 20.2. The zero-order valence-electron chi connectivity index (χ0n) is 16.7. The molecule has 2 fully saturated rings. The predicted molar refractivity (Wildman–Crippen MR) is 109 cm³/mol. The van der Waals surface area contributed by atoms with Crippen LogP contribution in [0.25, 0.3) is 22.0 Å². The number of benzene rings is 1. The first-order chi connectivity index (χ1) is 14.0. The lowest BCUT2D eigenvalue weighted by molar-refractivity contribution is -0.131. The summed E-state index contributed by atoms with van der Waals surface area (Å²) in [5, 5.41) is 8.83. The normalized spacial score (nSPS) is 24.3. The molecule has 2 aliphatic rings. The van der Waals surface area contributed by atoms with Crippen molar-refractivity contribution in [1.82, 2.24) is 25.0 Å². The van der Waals surface area contributed by atoms with Crippen LogP contribution in [0.3, 0.4) is 0 Å². The Kier molecular flexibility index (Phi) is 4.17. The van der Waals surface area contributed by atoms with E-state index in [1.54, 1.807) is 23.2 Å². The standard InChI is InChI=1S/C22H24FN5O/c1-3-28-13-15-10-17(23)16(12-19(15)26-28)14-5-8-24-20(11-14)18-4-6-22(25-18)7-9-27(2)21(22)29/h5,8,10-13,18,25H,3-4,6-7,9H2,1-2H3/t18-,22+/m1/s1. The summed E-state index contributed by atoms with van der Waals surface area (Å²) in [6.45, 7) is 3.53. The van der Waals surface area contributed by atoms with Crippen molar-refractivity contribution in [1.29, 1.82) is 0 Å². The number of carbonyl (C=O) groups excluding carboxylic acids is 1. The third-order valence-electron chi connectivity index (χ3n) is 6.35. The predicted octanol–water partition coefficient (Wildman–Crippen LogP) is 3.28. The monoisotopic (exact) mass is 393 g/mol. The summed E-state index contributed by atoms with van der Waals surface area (Å²) in [5.74, 6) is -0.104. The van der Waals surface area contributed by atoms with Crippen LogP contribution in [0.15, 0.2) is 36.7 Å². The lowest BCUT2D eigenvalue weighted by atomic mass is 9.96. The Hall–Kier alpha value is -2.80. The lowest BCUT2D eigenvalue weighted by Crippen LogP contribution is -2.47. The molecule has 2 aliphatic heterocycles. The average molecular weight is 393 g/mol. The molecule has 1 spiro atoms. The van der Waals surface area contributed by atoms with Crippen LogP contribution in [0.2, 0.25) is 0 Å². The van der Waals surface area contributed by atoms with E-state index in [2.05, 4.69) is 15.4 Å². The van der Waals surface area contributed by atoms with Gasteiger partial charge in [0.2, 0.25) is 5.91 Å². The number of amides is 1. The van der Waals surface area contributed by atoms with Crippen molar-refractivity contribution in [2.75, 3.05) is 13.6 Å². The minimum atomic E-state index is -0.464. The smallest absolute Gasteiger partial charge is 0.242 e. The fourth-order valence-corrected chi connectivity index (χ4v) is 4.67. The number of rotatable bonds is 3. The molecule has 7 heteroatoms. The topological polar surface area (TPSA) is 63.1 Å². The highest BCUT2D eigenvalue weighted by atomic mass is 19.1. The molecule has 0 saturated carbocycles. The Labute approximate surface area is 168 Å². The molecule has 0 aliphatic carbocycles. The van der Waals surface area contributed by atoms with Crippen LogP contribution in [0.5, 0.6) is 0 Å². The van der Waals surface area contributed by atoms with E-state index >= 15 is 0 Å². The number of hydrogen-bond acceptors (Lipinski definition) is 4. The maximum Gasteiger partial charge on any atom is 0.242 e. The largest absolute Gasteiger partial charge is 0.344 e. The van der Waals surface area contributed by atoms with Gasteiger partial charge >= 0.3 is 0 Å². The fourth-order valence-electron chi connectivity index (χ4n) is 4.67. The summed E-state index contributed by atoms with van der Waals surface area (Å²) in [4.78, 5) is 18.9. The molecule has 1 aromatic carbocycles. The summed E-state index contributed by atoms with van der Waals surface area (Å²) < 4.78 is 16.6. The molecule has 2 atom stereocenters. The van der Waals surface area contributed by atoms with Gasteiger partial charge in [0.25, 0.3) is 0 Å². The van der Waals surface area contributed by atoms with Crippen LogP contribution in [0, 0.1) is 5.82 Å². The van der Waals surface area contributed by atoms with Gasteiger partial charge in [-0.05, 0) is 56.0 Å². The molecule has 0 bridgehead atoms. The Morgan fingerprint density at radius 2 is 2.17 bits per heavy atom. The number of carbonyl (C=O) groups is 1. The molecule has 150 valence electrons. The number of pyridine rings is 1. The Morgan fingerprint density at radius 1 is 1.31 bits per heavy atom. The summed E-state index contributed by atoms with van der Waals surface area (Å²) in [6.07, 6.45) is 6.05. The van der Waals surface area contributed by atoms with Crippen molar-refractivity contribution in [2.24, 2.45) is 0 Å². The number of fused-ring (bicyclic) bond motifs is 1. The number of likely N-dealkylation sites (tertiary alicyclic amines) is 1. The number of hydrogen-bond donors (Lipinski definition) is 1. The third-order valence-corrected chi connectivity index (χ3v) is 6.35. The molecule has 0 unspecified atom stereocenters. The fraction of sp³-hybridized carbons (Fsp3) is 0.409. The molecule has 3 aromatic rings.